The summed E-state index contributed by atoms with van der Waals surface area (Å²) in [6, 6.07) is 4.70. The van der Waals surface area contributed by atoms with Gasteiger partial charge >= 0.3 is 5.97 Å². The van der Waals surface area contributed by atoms with Crippen molar-refractivity contribution in [3.63, 3.8) is 0 Å². The molecule has 0 radical (unpaired) electrons. The van der Waals surface area contributed by atoms with Crippen LogP contribution >= 0.6 is 0 Å². The number of para-hydroxylation sites is 1. The van der Waals surface area contributed by atoms with Crippen molar-refractivity contribution in [3.8, 4) is 11.5 Å². The van der Waals surface area contributed by atoms with Gasteiger partial charge in [-0.2, -0.15) is 0 Å². The number of nitrogens with zero attached hydrogens (tertiary/aromatic N) is 1. The van der Waals surface area contributed by atoms with Gasteiger partial charge < -0.3 is 14.6 Å². The highest BCUT2D eigenvalue weighted by Crippen LogP contribution is 2.37. The third-order valence-electron chi connectivity index (χ3n) is 3.72. The molecule has 0 aliphatic carbocycles. The van der Waals surface area contributed by atoms with Crippen LogP contribution in [0, 0.1) is 0 Å². The fourth-order valence-corrected chi connectivity index (χ4v) is 2.79. The number of carboxylic acids is 1. The van der Waals surface area contributed by atoms with Crippen molar-refractivity contribution in [3.05, 3.63) is 23.8 Å². The summed E-state index contributed by atoms with van der Waals surface area (Å²) in [7, 11) is 3.09. The van der Waals surface area contributed by atoms with E-state index in [1.807, 2.05) is 4.90 Å². The smallest absolute Gasteiger partial charge is 0.325 e. The van der Waals surface area contributed by atoms with Crippen molar-refractivity contribution < 1.29 is 19.4 Å². The molecule has 1 saturated heterocycles. The van der Waals surface area contributed by atoms with Gasteiger partial charge in [-0.15, -0.1) is 0 Å². The van der Waals surface area contributed by atoms with Crippen LogP contribution in [-0.4, -0.2) is 43.3 Å². The first-order valence-electron chi connectivity index (χ1n) is 6.86. The van der Waals surface area contributed by atoms with E-state index >= 15 is 0 Å². The third-order valence-corrected chi connectivity index (χ3v) is 3.72. The van der Waals surface area contributed by atoms with Crippen LogP contribution in [0.1, 0.15) is 30.9 Å². The molecule has 5 heteroatoms. The Morgan fingerprint density at radius 3 is 2.45 bits per heavy atom. The number of piperidine rings is 1. The Kier molecular flexibility index (Phi) is 4.84. The molecule has 1 aliphatic rings. The molecule has 0 amide bonds. The van der Waals surface area contributed by atoms with E-state index in [0.29, 0.717) is 17.1 Å². The van der Waals surface area contributed by atoms with E-state index in [0.717, 1.165) is 32.4 Å². The van der Waals surface area contributed by atoms with Crippen molar-refractivity contribution >= 4 is 5.97 Å². The number of ether oxygens (including phenoxy) is 2. The predicted molar refractivity (Wildman–Crippen MR) is 75.3 cm³/mol. The Balaban J connectivity index is 2.40. The topological polar surface area (TPSA) is 59.0 Å². The molecule has 110 valence electrons. The molecular weight excluding hydrogens is 258 g/mol. The van der Waals surface area contributed by atoms with E-state index in [9.17, 15) is 9.90 Å². The number of methoxy groups -OCH3 is 2. The average molecular weight is 279 g/mol. The van der Waals surface area contributed by atoms with E-state index in [1.165, 1.54) is 7.11 Å². The number of aliphatic carboxylic acids is 1. The second-order valence-electron chi connectivity index (χ2n) is 4.92. The number of carboxylic acid groups (broad SMARTS) is 1. The number of benzene rings is 1. The molecule has 0 aromatic heterocycles. The summed E-state index contributed by atoms with van der Waals surface area (Å²) in [5, 5.41) is 9.62. The Hall–Kier alpha value is -1.75. The fourth-order valence-electron chi connectivity index (χ4n) is 2.79. The summed E-state index contributed by atoms with van der Waals surface area (Å²) in [6.45, 7) is 1.61. The molecule has 20 heavy (non-hydrogen) atoms. The first-order valence-corrected chi connectivity index (χ1v) is 6.86. The van der Waals surface area contributed by atoms with E-state index in [1.54, 1.807) is 25.3 Å². The lowest BCUT2D eigenvalue weighted by Crippen LogP contribution is -2.38. The van der Waals surface area contributed by atoms with Gasteiger partial charge in [-0.25, -0.2) is 0 Å². The van der Waals surface area contributed by atoms with Crippen molar-refractivity contribution in [2.24, 2.45) is 0 Å². The first kappa shape index (κ1) is 14.7. The Morgan fingerprint density at radius 1 is 1.20 bits per heavy atom. The summed E-state index contributed by atoms with van der Waals surface area (Å²) in [6.07, 6.45) is 3.24. The largest absolute Gasteiger partial charge is 0.493 e. The molecule has 2 rings (SSSR count). The fraction of sp³-hybridized carbons (Fsp3) is 0.533. The summed E-state index contributed by atoms with van der Waals surface area (Å²) in [4.78, 5) is 13.7. The molecule has 1 unspecified atom stereocenters. The van der Waals surface area contributed by atoms with Crippen LogP contribution in [0.15, 0.2) is 18.2 Å². The maximum atomic E-state index is 11.7. The van der Waals surface area contributed by atoms with E-state index in [2.05, 4.69) is 0 Å². The molecule has 1 N–H and O–H groups in total. The van der Waals surface area contributed by atoms with E-state index in [4.69, 9.17) is 9.47 Å². The lowest BCUT2D eigenvalue weighted by Gasteiger charge is -2.33. The number of carbonyl (C=O) groups is 1. The second-order valence-corrected chi connectivity index (χ2v) is 4.92. The molecule has 1 fully saturated rings. The van der Waals surface area contributed by atoms with E-state index in [-0.39, 0.29) is 0 Å². The van der Waals surface area contributed by atoms with Crippen molar-refractivity contribution in [2.45, 2.75) is 25.3 Å². The molecular formula is C15H21NO4. The summed E-state index contributed by atoms with van der Waals surface area (Å²) < 4.78 is 10.6. The number of hydrogen-bond donors (Lipinski definition) is 1. The zero-order chi connectivity index (χ0) is 14.5. The van der Waals surface area contributed by atoms with Crippen molar-refractivity contribution in [1.29, 1.82) is 0 Å². The van der Waals surface area contributed by atoms with Crippen LogP contribution in [0.25, 0.3) is 0 Å². The van der Waals surface area contributed by atoms with Gasteiger partial charge in [0.25, 0.3) is 0 Å². The van der Waals surface area contributed by atoms with Crippen LogP contribution in [0.2, 0.25) is 0 Å². The van der Waals surface area contributed by atoms with Crippen molar-refractivity contribution in [1.82, 2.24) is 4.90 Å². The standard InChI is InChI=1S/C15H21NO4/c1-19-12-8-6-7-11(14(12)20-2)13(15(17)18)16-9-4-3-5-10-16/h6-8,13H,3-5,9-10H2,1-2H3,(H,17,18). The van der Waals surface area contributed by atoms with Gasteiger partial charge in [0.2, 0.25) is 0 Å². The first-order chi connectivity index (χ1) is 9.69. The van der Waals surface area contributed by atoms with Crippen LogP contribution in [-0.2, 0) is 4.79 Å². The van der Waals surface area contributed by atoms with Gasteiger partial charge in [0.05, 0.1) is 14.2 Å². The monoisotopic (exact) mass is 279 g/mol. The molecule has 1 aromatic rings. The van der Waals surface area contributed by atoms with E-state index < -0.39 is 12.0 Å². The summed E-state index contributed by atoms with van der Waals surface area (Å²) in [5.41, 5.74) is 0.654. The van der Waals surface area contributed by atoms with Gasteiger partial charge in [-0.3, -0.25) is 9.69 Å². The van der Waals surface area contributed by atoms with Gasteiger partial charge in [0.15, 0.2) is 11.5 Å². The Bertz CT molecular complexity index is 469. The maximum absolute atomic E-state index is 11.7. The highest BCUT2D eigenvalue weighted by atomic mass is 16.5. The number of likely N-dealkylation sites (tertiary alicyclic amines) is 1. The van der Waals surface area contributed by atoms with Gasteiger partial charge in [-0.05, 0) is 32.0 Å². The number of hydrogen-bond acceptors (Lipinski definition) is 4. The van der Waals surface area contributed by atoms with Crippen LogP contribution < -0.4 is 9.47 Å². The third kappa shape index (κ3) is 2.88. The minimum absolute atomic E-state index is 0.507. The van der Waals surface area contributed by atoms with Crippen LogP contribution in [0.3, 0.4) is 0 Å². The minimum atomic E-state index is -0.849. The molecule has 1 aliphatic heterocycles. The molecule has 0 saturated carbocycles. The van der Waals surface area contributed by atoms with Gasteiger partial charge in [-0.1, -0.05) is 18.6 Å². The normalized spacial score (nSPS) is 17.5. The summed E-state index contributed by atoms with van der Waals surface area (Å²) in [5.74, 6) is 0.222. The quantitative estimate of drug-likeness (QED) is 0.896. The molecule has 0 spiro atoms. The van der Waals surface area contributed by atoms with Gasteiger partial charge in [0.1, 0.15) is 6.04 Å². The number of rotatable bonds is 5. The second kappa shape index (κ2) is 6.61. The molecule has 1 heterocycles. The SMILES string of the molecule is COc1cccc(C(C(=O)O)N2CCCCC2)c1OC. The molecule has 0 bridgehead atoms. The Labute approximate surface area is 119 Å². The lowest BCUT2D eigenvalue weighted by atomic mass is 10.0. The average Bonchev–Trinajstić information content (AvgIpc) is 2.48. The molecule has 1 atom stereocenters. The maximum Gasteiger partial charge on any atom is 0.325 e. The van der Waals surface area contributed by atoms with Crippen LogP contribution in [0.4, 0.5) is 0 Å². The zero-order valence-corrected chi connectivity index (χ0v) is 12.0. The highest BCUT2D eigenvalue weighted by molar-refractivity contribution is 5.77. The molecule has 1 aromatic carbocycles. The van der Waals surface area contributed by atoms with Gasteiger partial charge in [0, 0.05) is 5.56 Å². The van der Waals surface area contributed by atoms with Crippen molar-refractivity contribution in [2.75, 3.05) is 27.3 Å². The lowest BCUT2D eigenvalue weighted by molar-refractivity contribution is -0.144. The highest BCUT2D eigenvalue weighted by Gasteiger charge is 2.31. The van der Waals surface area contributed by atoms with Crippen LogP contribution in [0.5, 0.6) is 11.5 Å². The molecule has 5 nitrogen and oxygen atoms in total. The predicted octanol–water partition coefficient (Wildman–Crippen LogP) is 2.32. The summed E-state index contributed by atoms with van der Waals surface area (Å²) >= 11 is 0. The zero-order valence-electron chi connectivity index (χ0n) is 12.0. The Morgan fingerprint density at radius 2 is 1.90 bits per heavy atom. The minimum Gasteiger partial charge on any atom is -0.493 e.